The Hall–Kier alpha value is -2.34. The quantitative estimate of drug-likeness (QED) is 0.645. The van der Waals surface area contributed by atoms with Gasteiger partial charge in [0, 0.05) is 11.7 Å². The van der Waals surface area contributed by atoms with Crippen molar-refractivity contribution in [3.05, 3.63) is 41.7 Å². The third-order valence-electron chi connectivity index (χ3n) is 2.95. The zero-order valence-electron chi connectivity index (χ0n) is 13.7. The number of anilines is 3. The molecular weight excluding hydrogens is 276 g/mol. The highest BCUT2D eigenvalue weighted by Crippen LogP contribution is 2.29. The summed E-state index contributed by atoms with van der Waals surface area (Å²) in [4.78, 5) is 8.27. The fourth-order valence-electron chi connectivity index (χ4n) is 1.97. The Kier molecular flexibility index (Phi) is 6.59. The van der Waals surface area contributed by atoms with Crippen LogP contribution >= 0.6 is 0 Å². The molecule has 1 unspecified atom stereocenters. The van der Waals surface area contributed by atoms with E-state index >= 15 is 0 Å². The van der Waals surface area contributed by atoms with Crippen LogP contribution in [0.15, 0.2) is 30.6 Å². The standard InChI is InChI=1S/C14H20N6.C2H6/c1-8(2)20-14-11(13(17)18-7-19-14)12(16)9-3-5-10(15)6-4-9;1-2/h3-8,12H,15-16H2,1-2H3,(H3,17,18,19,20);1-2H3. The van der Waals surface area contributed by atoms with E-state index in [9.17, 15) is 0 Å². The Balaban J connectivity index is 0.00000116. The van der Waals surface area contributed by atoms with Crippen LogP contribution in [0.2, 0.25) is 0 Å². The minimum atomic E-state index is -0.405. The lowest BCUT2D eigenvalue weighted by molar-refractivity contribution is 0.831. The van der Waals surface area contributed by atoms with Crippen molar-refractivity contribution in [1.29, 1.82) is 0 Å². The number of rotatable bonds is 4. The van der Waals surface area contributed by atoms with Crippen LogP contribution in [0.5, 0.6) is 0 Å². The highest BCUT2D eigenvalue weighted by atomic mass is 15.1. The molecule has 1 heterocycles. The van der Waals surface area contributed by atoms with Crippen molar-refractivity contribution >= 4 is 17.3 Å². The molecule has 1 aromatic heterocycles. The van der Waals surface area contributed by atoms with Gasteiger partial charge < -0.3 is 22.5 Å². The molecule has 2 rings (SSSR count). The highest BCUT2D eigenvalue weighted by molar-refractivity contribution is 5.59. The Labute approximate surface area is 132 Å². The molecule has 1 atom stereocenters. The van der Waals surface area contributed by atoms with E-state index in [2.05, 4.69) is 15.3 Å². The molecule has 0 fully saturated rings. The summed E-state index contributed by atoms with van der Waals surface area (Å²) in [6.07, 6.45) is 1.43. The fraction of sp³-hybridized carbons (Fsp3) is 0.375. The van der Waals surface area contributed by atoms with Crippen molar-refractivity contribution in [2.45, 2.75) is 39.8 Å². The van der Waals surface area contributed by atoms with Crippen molar-refractivity contribution in [3.63, 3.8) is 0 Å². The summed E-state index contributed by atoms with van der Waals surface area (Å²) < 4.78 is 0. The minimum Gasteiger partial charge on any atom is -0.399 e. The van der Waals surface area contributed by atoms with Gasteiger partial charge in [0.25, 0.3) is 0 Å². The molecule has 0 amide bonds. The number of hydrogen-bond donors (Lipinski definition) is 4. The summed E-state index contributed by atoms with van der Waals surface area (Å²) in [6, 6.07) is 7.20. The van der Waals surface area contributed by atoms with Crippen LogP contribution in [-0.4, -0.2) is 16.0 Å². The first kappa shape index (κ1) is 17.7. The molecule has 120 valence electrons. The van der Waals surface area contributed by atoms with Crippen LogP contribution in [-0.2, 0) is 0 Å². The van der Waals surface area contributed by atoms with Gasteiger partial charge in [-0.2, -0.15) is 0 Å². The van der Waals surface area contributed by atoms with Gasteiger partial charge in [-0.25, -0.2) is 9.97 Å². The summed E-state index contributed by atoms with van der Waals surface area (Å²) in [6.45, 7) is 8.05. The normalized spacial score (nSPS) is 11.5. The van der Waals surface area contributed by atoms with Crippen LogP contribution in [0.25, 0.3) is 0 Å². The first-order valence-electron chi connectivity index (χ1n) is 7.47. The minimum absolute atomic E-state index is 0.224. The van der Waals surface area contributed by atoms with Gasteiger partial charge in [-0.3, -0.25) is 0 Å². The second kappa shape index (κ2) is 8.19. The first-order chi connectivity index (χ1) is 10.5. The molecule has 2 aromatic rings. The molecule has 0 radical (unpaired) electrons. The van der Waals surface area contributed by atoms with Crippen molar-refractivity contribution in [2.24, 2.45) is 5.73 Å². The molecule has 0 saturated carbocycles. The SMILES string of the molecule is CC.CC(C)Nc1ncnc(N)c1C(N)c1ccc(N)cc1. The van der Waals surface area contributed by atoms with Gasteiger partial charge in [0.2, 0.25) is 0 Å². The summed E-state index contributed by atoms with van der Waals surface area (Å²) in [7, 11) is 0. The van der Waals surface area contributed by atoms with Gasteiger partial charge in [0.1, 0.15) is 18.0 Å². The molecule has 6 heteroatoms. The maximum absolute atomic E-state index is 6.30. The molecule has 1 aromatic carbocycles. The Morgan fingerprint density at radius 2 is 1.59 bits per heavy atom. The van der Waals surface area contributed by atoms with Crippen molar-refractivity contribution in [2.75, 3.05) is 16.8 Å². The number of benzene rings is 1. The van der Waals surface area contributed by atoms with Crippen LogP contribution in [0.3, 0.4) is 0 Å². The zero-order chi connectivity index (χ0) is 16.7. The largest absolute Gasteiger partial charge is 0.399 e. The second-order valence-corrected chi connectivity index (χ2v) is 4.96. The third kappa shape index (κ3) is 4.33. The Morgan fingerprint density at radius 1 is 1.00 bits per heavy atom. The van der Waals surface area contributed by atoms with Crippen LogP contribution < -0.4 is 22.5 Å². The van der Waals surface area contributed by atoms with Gasteiger partial charge in [-0.15, -0.1) is 0 Å². The molecule has 0 aliphatic rings. The average Bonchev–Trinajstić information content (AvgIpc) is 2.49. The third-order valence-corrected chi connectivity index (χ3v) is 2.95. The van der Waals surface area contributed by atoms with Gasteiger partial charge in [-0.05, 0) is 31.5 Å². The molecule has 0 saturated heterocycles. The molecule has 22 heavy (non-hydrogen) atoms. The Morgan fingerprint density at radius 3 is 2.14 bits per heavy atom. The number of hydrogen-bond acceptors (Lipinski definition) is 6. The monoisotopic (exact) mass is 302 g/mol. The van der Waals surface area contributed by atoms with Crippen molar-refractivity contribution < 1.29 is 0 Å². The summed E-state index contributed by atoms with van der Waals surface area (Å²) in [5, 5.41) is 3.24. The number of nitrogens with zero attached hydrogens (tertiary/aromatic N) is 2. The second-order valence-electron chi connectivity index (χ2n) is 4.96. The summed E-state index contributed by atoms with van der Waals surface area (Å²) in [5.41, 5.74) is 20.3. The van der Waals surface area contributed by atoms with E-state index in [0.29, 0.717) is 22.9 Å². The zero-order valence-corrected chi connectivity index (χ0v) is 13.7. The van der Waals surface area contributed by atoms with E-state index in [0.717, 1.165) is 5.56 Å². The van der Waals surface area contributed by atoms with E-state index in [4.69, 9.17) is 17.2 Å². The fourth-order valence-corrected chi connectivity index (χ4v) is 1.97. The van der Waals surface area contributed by atoms with Crippen molar-refractivity contribution in [1.82, 2.24) is 9.97 Å². The predicted octanol–water partition coefficient (Wildman–Crippen LogP) is 2.54. The van der Waals surface area contributed by atoms with E-state index < -0.39 is 6.04 Å². The molecule has 0 aliphatic carbocycles. The lowest BCUT2D eigenvalue weighted by Gasteiger charge is -2.19. The van der Waals surface area contributed by atoms with E-state index in [1.54, 1.807) is 0 Å². The van der Waals surface area contributed by atoms with Crippen LogP contribution in [0, 0.1) is 0 Å². The van der Waals surface area contributed by atoms with E-state index in [1.807, 2.05) is 52.0 Å². The molecule has 6 nitrogen and oxygen atoms in total. The van der Waals surface area contributed by atoms with E-state index in [1.165, 1.54) is 6.33 Å². The smallest absolute Gasteiger partial charge is 0.136 e. The van der Waals surface area contributed by atoms with Crippen LogP contribution in [0.4, 0.5) is 17.3 Å². The molecule has 0 bridgehead atoms. The highest BCUT2D eigenvalue weighted by Gasteiger charge is 2.19. The predicted molar refractivity (Wildman–Crippen MR) is 93.4 cm³/mol. The van der Waals surface area contributed by atoms with Gasteiger partial charge in [-0.1, -0.05) is 26.0 Å². The topological polar surface area (TPSA) is 116 Å². The number of nitrogen functional groups attached to an aromatic ring is 2. The summed E-state index contributed by atoms with van der Waals surface area (Å²) in [5.74, 6) is 1.05. The Bertz CT molecular complexity index is 580. The van der Waals surface area contributed by atoms with Crippen LogP contribution in [0.1, 0.15) is 44.9 Å². The molecule has 0 aliphatic heterocycles. The van der Waals surface area contributed by atoms with Gasteiger partial charge in [0.15, 0.2) is 0 Å². The van der Waals surface area contributed by atoms with Crippen molar-refractivity contribution in [3.8, 4) is 0 Å². The molecule has 7 N–H and O–H groups in total. The maximum atomic E-state index is 6.30. The van der Waals surface area contributed by atoms with Gasteiger partial charge in [0.05, 0.1) is 11.6 Å². The number of nitrogens with one attached hydrogen (secondary N) is 1. The number of aromatic nitrogens is 2. The van der Waals surface area contributed by atoms with Gasteiger partial charge >= 0.3 is 0 Å². The summed E-state index contributed by atoms with van der Waals surface area (Å²) >= 11 is 0. The average molecular weight is 302 g/mol. The maximum Gasteiger partial charge on any atom is 0.136 e. The molecular formula is C16H26N6. The number of nitrogens with two attached hydrogens (primary N) is 3. The van der Waals surface area contributed by atoms with E-state index in [-0.39, 0.29) is 6.04 Å². The first-order valence-corrected chi connectivity index (χ1v) is 7.47. The molecule has 0 spiro atoms. The lowest BCUT2D eigenvalue weighted by Crippen LogP contribution is -2.21. The lowest BCUT2D eigenvalue weighted by atomic mass is 10.00.